The first-order chi connectivity index (χ1) is 5.02. The van der Waals surface area contributed by atoms with Gasteiger partial charge in [0, 0.05) is 17.8 Å². The van der Waals surface area contributed by atoms with E-state index in [1.54, 1.807) is 13.1 Å². The Morgan fingerprint density at radius 2 is 1.91 bits per heavy atom. The van der Waals surface area contributed by atoms with Crippen molar-refractivity contribution in [2.24, 2.45) is 15.6 Å². The van der Waals surface area contributed by atoms with Crippen molar-refractivity contribution in [3.05, 3.63) is 0 Å². The Labute approximate surface area is 67.7 Å². The summed E-state index contributed by atoms with van der Waals surface area (Å²) < 4.78 is 0. The summed E-state index contributed by atoms with van der Waals surface area (Å²) in [7, 11) is 0. The molecule has 0 aliphatic heterocycles. The molecule has 0 unspecified atom stereocenters. The van der Waals surface area contributed by atoms with Gasteiger partial charge in [-0.05, 0) is 6.92 Å². The summed E-state index contributed by atoms with van der Waals surface area (Å²) in [5, 5.41) is 14.7. The Morgan fingerprint density at radius 1 is 1.36 bits per heavy atom. The van der Waals surface area contributed by atoms with Crippen molar-refractivity contribution in [3.63, 3.8) is 0 Å². The number of hydrogen-bond donors (Lipinski definition) is 1. The minimum atomic E-state index is -0.0890. The van der Waals surface area contributed by atoms with E-state index in [1.165, 1.54) is 6.21 Å². The van der Waals surface area contributed by atoms with Crippen LogP contribution in [0.4, 0.5) is 0 Å². The van der Waals surface area contributed by atoms with Crippen LogP contribution in [0.5, 0.6) is 0 Å². The molecule has 0 bridgehead atoms. The summed E-state index contributed by atoms with van der Waals surface area (Å²) in [6.45, 7) is 7.81. The Balaban J connectivity index is 4.53. The molecule has 0 aliphatic rings. The molecule has 3 nitrogen and oxygen atoms in total. The highest BCUT2D eigenvalue weighted by atomic mass is 15.2. The van der Waals surface area contributed by atoms with Gasteiger partial charge in [-0.3, -0.25) is 0 Å². The summed E-state index contributed by atoms with van der Waals surface area (Å²) in [5.74, 6) is 0. The molecule has 0 aromatic carbocycles. The number of rotatable bonds is 2. The molecule has 0 saturated carbocycles. The van der Waals surface area contributed by atoms with E-state index < -0.39 is 0 Å². The third-order valence-electron chi connectivity index (χ3n) is 1.19. The van der Waals surface area contributed by atoms with Crippen LogP contribution in [-0.4, -0.2) is 18.1 Å². The van der Waals surface area contributed by atoms with Crippen LogP contribution in [-0.2, 0) is 0 Å². The Bertz CT molecular complexity index is 184. The van der Waals surface area contributed by atoms with Crippen molar-refractivity contribution in [2.45, 2.75) is 27.7 Å². The Morgan fingerprint density at radius 3 is 2.18 bits per heavy atom. The van der Waals surface area contributed by atoms with Crippen LogP contribution >= 0.6 is 0 Å². The van der Waals surface area contributed by atoms with Crippen LogP contribution in [0.3, 0.4) is 0 Å². The zero-order valence-corrected chi connectivity index (χ0v) is 7.55. The standard InChI is InChI=1S/C8H15N3/c1-5-10-11-7(6-9)8(2,3)4/h5-6,9H,1-4H3/b9-6?,10-5-,11-7+. The van der Waals surface area contributed by atoms with E-state index in [0.29, 0.717) is 5.71 Å². The second-order valence-corrected chi connectivity index (χ2v) is 3.25. The van der Waals surface area contributed by atoms with Gasteiger partial charge in [0.25, 0.3) is 0 Å². The van der Waals surface area contributed by atoms with Crippen molar-refractivity contribution >= 4 is 18.1 Å². The van der Waals surface area contributed by atoms with E-state index in [2.05, 4.69) is 10.2 Å². The van der Waals surface area contributed by atoms with Gasteiger partial charge in [-0.25, -0.2) is 0 Å². The topological polar surface area (TPSA) is 48.6 Å². The zero-order valence-electron chi connectivity index (χ0n) is 7.55. The molecule has 0 fully saturated rings. The molecule has 1 N–H and O–H groups in total. The van der Waals surface area contributed by atoms with Crippen LogP contribution in [0.2, 0.25) is 0 Å². The lowest BCUT2D eigenvalue weighted by molar-refractivity contribution is 0.596. The molecule has 0 heterocycles. The third kappa shape index (κ3) is 3.65. The van der Waals surface area contributed by atoms with E-state index in [-0.39, 0.29) is 5.41 Å². The van der Waals surface area contributed by atoms with Gasteiger partial charge in [0.15, 0.2) is 0 Å². The Kier molecular flexibility index (Phi) is 3.65. The first kappa shape index (κ1) is 10.0. The van der Waals surface area contributed by atoms with Gasteiger partial charge in [0.2, 0.25) is 0 Å². The van der Waals surface area contributed by atoms with E-state index >= 15 is 0 Å². The second kappa shape index (κ2) is 4.01. The minimum Gasteiger partial charge on any atom is -0.307 e. The maximum Gasteiger partial charge on any atom is 0.0858 e. The molecule has 0 aromatic rings. The largest absolute Gasteiger partial charge is 0.307 e. The summed E-state index contributed by atoms with van der Waals surface area (Å²) in [6.07, 6.45) is 2.85. The summed E-state index contributed by atoms with van der Waals surface area (Å²) in [5.41, 5.74) is 0.601. The lowest BCUT2D eigenvalue weighted by Crippen LogP contribution is -2.20. The quantitative estimate of drug-likeness (QED) is 0.466. The van der Waals surface area contributed by atoms with Crippen LogP contribution in [0.1, 0.15) is 27.7 Å². The van der Waals surface area contributed by atoms with Crippen LogP contribution in [0.25, 0.3) is 0 Å². The van der Waals surface area contributed by atoms with Gasteiger partial charge >= 0.3 is 0 Å². The summed E-state index contributed by atoms with van der Waals surface area (Å²) in [6, 6.07) is 0. The Hall–Kier alpha value is -0.990. The SMILES string of the molecule is C/C=N\N=C(/C=N)C(C)(C)C. The van der Waals surface area contributed by atoms with Crippen molar-refractivity contribution in [1.29, 1.82) is 5.41 Å². The second-order valence-electron chi connectivity index (χ2n) is 3.25. The van der Waals surface area contributed by atoms with Gasteiger partial charge in [-0.2, -0.15) is 10.2 Å². The van der Waals surface area contributed by atoms with Crippen molar-refractivity contribution in [2.75, 3.05) is 0 Å². The van der Waals surface area contributed by atoms with Crippen molar-refractivity contribution < 1.29 is 0 Å². The molecule has 62 valence electrons. The fraction of sp³-hybridized carbons (Fsp3) is 0.625. The molecular formula is C8H15N3. The number of nitrogens with one attached hydrogen (secondary N) is 1. The summed E-state index contributed by atoms with van der Waals surface area (Å²) in [4.78, 5) is 0. The van der Waals surface area contributed by atoms with E-state index in [9.17, 15) is 0 Å². The number of hydrogen-bond acceptors (Lipinski definition) is 3. The first-order valence-electron chi connectivity index (χ1n) is 3.59. The molecule has 0 rings (SSSR count). The maximum absolute atomic E-state index is 7.06. The van der Waals surface area contributed by atoms with Crippen LogP contribution in [0, 0.1) is 10.8 Å². The normalized spacial score (nSPS) is 14.0. The highest BCUT2D eigenvalue weighted by molar-refractivity contribution is 6.31. The van der Waals surface area contributed by atoms with Gasteiger partial charge in [0.1, 0.15) is 0 Å². The van der Waals surface area contributed by atoms with Gasteiger partial charge < -0.3 is 5.41 Å². The van der Waals surface area contributed by atoms with Gasteiger partial charge in [0.05, 0.1) is 5.71 Å². The number of nitrogens with zero attached hydrogens (tertiary/aromatic N) is 2. The van der Waals surface area contributed by atoms with Crippen LogP contribution < -0.4 is 0 Å². The molecule has 0 aromatic heterocycles. The van der Waals surface area contributed by atoms with Crippen molar-refractivity contribution in [3.8, 4) is 0 Å². The average molecular weight is 153 g/mol. The third-order valence-corrected chi connectivity index (χ3v) is 1.19. The van der Waals surface area contributed by atoms with E-state index in [0.717, 1.165) is 0 Å². The minimum absolute atomic E-state index is 0.0890. The van der Waals surface area contributed by atoms with Gasteiger partial charge in [-0.15, -0.1) is 0 Å². The predicted molar refractivity (Wildman–Crippen MR) is 49.8 cm³/mol. The first-order valence-corrected chi connectivity index (χ1v) is 3.59. The maximum atomic E-state index is 7.06. The molecule has 0 amide bonds. The highest BCUT2D eigenvalue weighted by Crippen LogP contribution is 2.14. The fourth-order valence-electron chi connectivity index (χ4n) is 0.515. The molecule has 0 saturated heterocycles. The molecular weight excluding hydrogens is 138 g/mol. The molecule has 3 heteroatoms. The average Bonchev–Trinajstić information content (AvgIpc) is 1.87. The fourth-order valence-corrected chi connectivity index (χ4v) is 0.515. The van der Waals surface area contributed by atoms with Crippen molar-refractivity contribution in [1.82, 2.24) is 0 Å². The lowest BCUT2D eigenvalue weighted by Gasteiger charge is -2.15. The zero-order chi connectivity index (χ0) is 8.91. The highest BCUT2D eigenvalue weighted by Gasteiger charge is 2.16. The predicted octanol–water partition coefficient (Wildman–Crippen LogP) is 2.13. The monoisotopic (exact) mass is 153 g/mol. The molecule has 0 aliphatic carbocycles. The van der Waals surface area contributed by atoms with Crippen LogP contribution in [0.15, 0.2) is 10.2 Å². The van der Waals surface area contributed by atoms with E-state index in [4.69, 9.17) is 5.41 Å². The molecule has 11 heavy (non-hydrogen) atoms. The summed E-state index contributed by atoms with van der Waals surface area (Å²) >= 11 is 0. The van der Waals surface area contributed by atoms with Gasteiger partial charge in [-0.1, -0.05) is 20.8 Å². The molecule has 0 spiro atoms. The molecule has 0 atom stereocenters. The molecule has 0 radical (unpaired) electrons. The lowest BCUT2D eigenvalue weighted by atomic mass is 9.91. The smallest absolute Gasteiger partial charge is 0.0858 e. The van der Waals surface area contributed by atoms with E-state index in [1.807, 2.05) is 20.8 Å².